The summed E-state index contributed by atoms with van der Waals surface area (Å²) in [5.41, 5.74) is 2.44. The maximum absolute atomic E-state index is 10.1. The summed E-state index contributed by atoms with van der Waals surface area (Å²) in [6.07, 6.45) is 2.24. The van der Waals surface area contributed by atoms with Gasteiger partial charge in [-0.15, -0.1) is 0 Å². The monoisotopic (exact) mass is 233 g/mol. The van der Waals surface area contributed by atoms with Gasteiger partial charge in [0.25, 0.3) is 0 Å². The first kappa shape index (κ1) is 12.6. The topological polar surface area (TPSA) is 32.3 Å². The first-order valence-electron chi connectivity index (χ1n) is 6.65. The van der Waals surface area contributed by atoms with Crippen LogP contribution in [-0.4, -0.2) is 18.2 Å². The molecule has 0 saturated heterocycles. The Kier molecular flexibility index (Phi) is 4.19. The minimum atomic E-state index is -0.382. The van der Waals surface area contributed by atoms with E-state index < -0.39 is 0 Å². The fourth-order valence-electron chi connectivity index (χ4n) is 2.06. The van der Waals surface area contributed by atoms with E-state index in [0.717, 1.165) is 18.0 Å². The van der Waals surface area contributed by atoms with Crippen molar-refractivity contribution < 1.29 is 5.11 Å². The first-order valence-corrected chi connectivity index (χ1v) is 6.65. The molecule has 1 aliphatic rings. The molecular weight excluding hydrogens is 210 g/mol. The van der Waals surface area contributed by atoms with Crippen LogP contribution in [0.4, 0.5) is 0 Å². The molecular formula is C15H23NO. The lowest BCUT2D eigenvalue weighted by molar-refractivity contribution is 0.173. The van der Waals surface area contributed by atoms with Gasteiger partial charge in [-0.05, 0) is 42.3 Å². The van der Waals surface area contributed by atoms with Gasteiger partial charge >= 0.3 is 0 Å². The molecule has 1 atom stereocenters. The van der Waals surface area contributed by atoms with Gasteiger partial charge in [0.15, 0.2) is 0 Å². The second-order valence-electron chi connectivity index (χ2n) is 5.51. The average molecular weight is 233 g/mol. The lowest BCUT2D eigenvalue weighted by atomic mass is 10.0. The third-order valence-electron chi connectivity index (χ3n) is 3.23. The number of benzene rings is 1. The van der Waals surface area contributed by atoms with Crippen molar-refractivity contribution in [1.29, 1.82) is 0 Å². The van der Waals surface area contributed by atoms with Crippen molar-refractivity contribution in [2.45, 2.75) is 38.7 Å². The van der Waals surface area contributed by atoms with Gasteiger partial charge in [-0.2, -0.15) is 0 Å². The Morgan fingerprint density at radius 3 is 2.71 bits per heavy atom. The van der Waals surface area contributed by atoms with Gasteiger partial charge < -0.3 is 10.4 Å². The zero-order valence-corrected chi connectivity index (χ0v) is 10.8. The third-order valence-corrected chi connectivity index (χ3v) is 3.23. The van der Waals surface area contributed by atoms with E-state index in [-0.39, 0.29) is 6.10 Å². The molecule has 1 saturated carbocycles. The van der Waals surface area contributed by atoms with Crippen molar-refractivity contribution in [3.05, 3.63) is 35.4 Å². The Morgan fingerprint density at radius 1 is 1.29 bits per heavy atom. The van der Waals surface area contributed by atoms with E-state index >= 15 is 0 Å². The van der Waals surface area contributed by atoms with Crippen LogP contribution in [0.5, 0.6) is 0 Å². The van der Waals surface area contributed by atoms with Crippen LogP contribution < -0.4 is 5.32 Å². The molecule has 17 heavy (non-hydrogen) atoms. The molecule has 1 aliphatic carbocycles. The van der Waals surface area contributed by atoms with Crippen molar-refractivity contribution in [3.8, 4) is 0 Å². The number of hydrogen-bond acceptors (Lipinski definition) is 2. The maximum atomic E-state index is 10.1. The summed E-state index contributed by atoms with van der Waals surface area (Å²) in [6, 6.07) is 8.43. The van der Waals surface area contributed by atoms with Crippen LogP contribution >= 0.6 is 0 Å². The van der Waals surface area contributed by atoms with Crippen molar-refractivity contribution in [2.75, 3.05) is 13.1 Å². The summed E-state index contributed by atoms with van der Waals surface area (Å²) in [7, 11) is 0. The molecule has 2 nitrogen and oxygen atoms in total. The molecule has 2 N–H and O–H groups in total. The van der Waals surface area contributed by atoms with Crippen molar-refractivity contribution in [1.82, 2.24) is 5.32 Å². The van der Waals surface area contributed by atoms with Crippen molar-refractivity contribution in [3.63, 3.8) is 0 Å². The second-order valence-corrected chi connectivity index (χ2v) is 5.51. The molecule has 1 aromatic rings. The molecule has 94 valence electrons. The Labute approximate surface area is 104 Å². The minimum Gasteiger partial charge on any atom is -0.387 e. The van der Waals surface area contributed by atoms with Crippen molar-refractivity contribution >= 4 is 0 Å². The highest BCUT2D eigenvalue weighted by atomic mass is 16.3. The van der Waals surface area contributed by atoms with Gasteiger partial charge in [-0.3, -0.25) is 0 Å². The second kappa shape index (κ2) is 5.65. The molecule has 2 heteroatoms. The normalized spacial score (nSPS) is 17.4. The van der Waals surface area contributed by atoms with Gasteiger partial charge in [0.2, 0.25) is 0 Å². The van der Waals surface area contributed by atoms with Crippen LogP contribution in [0.1, 0.15) is 49.8 Å². The minimum absolute atomic E-state index is 0.382. The van der Waals surface area contributed by atoms with Gasteiger partial charge in [0.1, 0.15) is 0 Å². The fourth-order valence-corrected chi connectivity index (χ4v) is 2.06. The summed E-state index contributed by atoms with van der Waals surface area (Å²) in [4.78, 5) is 0. The molecule has 2 rings (SSSR count). The highest BCUT2D eigenvalue weighted by molar-refractivity contribution is 5.30. The molecule has 0 amide bonds. The maximum Gasteiger partial charge on any atom is 0.0914 e. The summed E-state index contributed by atoms with van der Waals surface area (Å²) in [5.74, 6) is 1.38. The van der Waals surface area contributed by atoms with Crippen LogP contribution in [-0.2, 0) is 0 Å². The third kappa shape index (κ3) is 3.83. The Hall–Kier alpha value is -0.860. The smallest absolute Gasteiger partial charge is 0.0914 e. The standard InChI is InChI=1S/C15H23NO/c1-11(2)9-16-10-15(17)14-5-3-4-13(8-14)12-6-7-12/h3-5,8,11-12,15-17H,6-7,9-10H2,1-2H3. The summed E-state index contributed by atoms with van der Waals surface area (Å²) in [5, 5.41) is 13.4. The number of aliphatic hydroxyl groups is 1. The molecule has 0 radical (unpaired) electrons. The Balaban J connectivity index is 1.89. The number of rotatable bonds is 6. The van der Waals surface area contributed by atoms with E-state index in [1.807, 2.05) is 6.07 Å². The van der Waals surface area contributed by atoms with Gasteiger partial charge in [-0.25, -0.2) is 0 Å². The van der Waals surface area contributed by atoms with E-state index in [1.54, 1.807) is 0 Å². The molecule has 0 bridgehead atoms. The SMILES string of the molecule is CC(C)CNCC(O)c1cccc(C2CC2)c1. The quantitative estimate of drug-likeness (QED) is 0.792. The molecule has 0 aliphatic heterocycles. The Morgan fingerprint density at radius 2 is 2.06 bits per heavy atom. The highest BCUT2D eigenvalue weighted by Crippen LogP contribution is 2.40. The van der Waals surface area contributed by atoms with Crippen LogP contribution in [0.15, 0.2) is 24.3 Å². The number of nitrogens with one attached hydrogen (secondary N) is 1. The zero-order valence-electron chi connectivity index (χ0n) is 10.8. The number of aliphatic hydroxyl groups excluding tert-OH is 1. The van der Waals surface area contributed by atoms with E-state index in [1.165, 1.54) is 18.4 Å². The van der Waals surface area contributed by atoms with Crippen LogP contribution in [0.2, 0.25) is 0 Å². The fraction of sp³-hybridized carbons (Fsp3) is 0.600. The Bertz CT molecular complexity index is 358. The van der Waals surface area contributed by atoms with Gasteiger partial charge in [0, 0.05) is 6.54 Å². The molecule has 1 unspecified atom stereocenters. The number of hydrogen-bond donors (Lipinski definition) is 2. The predicted octanol–water partition coefficient (Wildman–Crippen LogP) is 2.84. The molecule has 1 fully saturated rings. The highest BCUT2D eigenvalue weighted by Gasteiger charge is 2.23. The molecule has 0 heterocycles. The van der Waals surface area contributed by atoms with Gasteiger partial charge in [0.05, 0.1) is 6.10 Å². The summed E-state index contributed by atoms with van der Waals surface area (Å²) >= 11 is 0. The predicted molar refractivity (Wildman–Crippen MR) is 71.1 cm³/mol. The molecule has 1 aromatic carbocycles. The van der Waals surface area contributed by atoms with Crippen LogP contribution in [0.25, 0.3) is 0 Å². The van der Waals surface area contributed by atoms with Gasteiger partial charge in [-0.1, -0.05) is 38.1 Å². The van der Waals surface area contributed by atoms with Crippen LogP contribution in [0.3, 0.4) is 0 Å². The summed E-state index contributed by atoms with van der Waals surface area (Å²) in [6.45, 7) is 5.95. The van der Waals surface area contributed by atoms with Crippen molar-refractivity contribution in [2.24, 2.45) is 5.92 Å². The summed E-state index contributed by atoms with van der Waals surface area (Å²) < 4.78 is 0. The van der Waals surface area contributed by atoms with E-state index in [4.69, 9.17) is 0 Å². The lowest BCUT2D eigenvalue weighted by Gasteiger charge is -2.14. The largest absolute Gasteiger partial charge is 0.387 e. The molecule has 0 spiro atoms. The lowest BCUT2D eigenvalue weighted by Crippen LogP contribution is -2.25. The van der Waals surface area contributed by atoms with E-state index in [9.17, 15) is 5.11 Å². The zero-order chi connectivity index (χ0) is 12.3. The van der Waals surface area contributed by atoms with Crippen LogP contribution in [0, 0.1) is 5.92 Å². The first-order chi connectivity index (χ1) is 8.16. The van der Waals surface area contributed by atoms with E-state index in [2.05, 4.69) is 37.4 Å². The average Bonchev–Trinajstić information content (AvgIpc) is 3.12. The van der Waals surface area contributed by atoms with E-state index in [0.29, 0.717) is 12.5 Å². The molecule has 0 aromatic heterocycles.